The minimum absolute atomic E-state index is 0.171. The molecule has 2 aromatic rings. The molecule has 0 atom stereocenters. The van der Waals surface area contributed by atoms with Crippen LogP contribution in [-0.2, 0) is 17.9 Å². The average molecular weight is 274 g/mol. The molecule has 5 nitrogen and oxygen atoms in total. The van der Waals surface area contributed by atoms with Gasteiger partial charge in [0.25, 0.3) is 0 Å². The standard InChI is InChI=1S/C15H22N4O/c1-16-10-12-11-19(9-5-7-14(20)18(2)3)15-13(12)6-4-8-17-15/h4,6,8,11,16H,5,7,9-10H2,1-3H3. The predicted octanol–water partition coefficient (Wildman–Crippen LogP) is 1.62. The first-order valence-corrected chi connectivity index (χ1v) is 6.91. The lowest BCUT2D eigenvalue weighted by atomic mass is 10.2. The first-order chi connectivity index (χ1) is 9.63. The van der Waals surface area contributed by atoms with Crippen LogP contribution in [-0.4, -0.2) is 41.5 Å². The number of nitrogens with one attached hydrogen (secondary N) is 1. The van der Waals surface area contributed by atoms with Gasteiger partial charge in [0.05, 0.1) is 0 Å². The molecule has 0 radical (unpaired) electrons. The molecule has 0 spiro atoms. The maximum atomic E-state index is 11.6. The van der Waals surface area contributed by atoms with Gasteiger partial charge in [0.1, 0.15) is 5.65 Å². The highest BCUT2D eigenvalue weighted by Gasteiger charge is 2.09. The van der Waals surface area contributed by atoms with Gasteiger partial charge in [-0.05, 0) is 31.2 Å². The largest absolute Gasteiger partial charge is 0.349 e. The monoisotopic (exact) mass is 274 g/mol. The quantitative estimate of drug-likeness (QED) is 0.871. The van der Waals surface area contributed by atoms with Crippen molar-refractivity contribution in [1.82, 2.24) is 19.8 Å². The Balaban J connectivity index is 2.12. The molecule has 5 heteroatoms. The van der Waals surface area contributed by atoms with Crippen molar-refractivity contribution in [2.24, 2.45) is 0 Å². The van der Waals surface area contributed by atoms with Crippen LogP contribution in [0.1, 0.15) is 18.4 Å². The molecule has 0 aliphatic heterocycles. The molecule has 2 aromatic heterocycles. The molecular formula is C15H22N4O. The zero-order chi connectivity index (χ0) is 14.5. The van der Waals surface area contributed by atoms with Crippen LogP contribution in [0.4, 0.5) is 0 Å². The van der Waals surface area contributed by atoms with E-state index in [1.165, 1.54) is 10.9 Å². The minimum Gasteiger partial charge on any atom is -0.349 e. The van der Waals surface area contributed by atoms with Gasteiger partial charge in [-0.2, -0.15) is 0 Å². The fourth-order valence-electron chi connectivity index (χ4n) is 2.32. The van der Waals surface area contributed by atoms with Crippen LogP contribution in [0.15, 0.2) is 24.5 Å². The van der Waals surface area contributed by atoms with E-state index in [4.69, 9.17) is 0 Å². The third-order valence-corrected chi connectivity index (χ3v) is 3.37. The number of aryl methyl sites for hydroxylation is 1. The van der Waals surface area contributed by atoms with Crippen molar-refractivity contribution in [3.63, 3.8) is 0 Å². The van der Waals surface area contributed by atoms with Crippen molar-refractivity contribution in [1.29, 1.82) is 0 Å². The molecule has 1 N–H and O–H groups in total. The Morgan fingerprint density at radius 2 is 2.25 bits per heavy atom. The molecule has 2 heterocycles. The van der Waals surface area contributed by atoms with Crippen LogP contribution in [0.25, 0.3) is 11.0 Å². The van der Waals surface area contributed by atoms with Gasteiger partial charge in [-0.3, -0.25) is 4.79 Å². The Hall–Kier alpha value is -1.88. The molecule has 0 bridgehead atoms. The highest BCUT2D eigenvalue weighted by Crippen LogP contribution is 2.19. The first kappa shape index (κ1) is 14.5. The summed E-state index contributed by atoms with van der Waals surface area (Å²) in [7, 11) is 5.52. The van der Waals surface area contributed by atoms with E-state index in [1.807, 2.05) is 19.3 Å². The third-order valence-electron chi connectivity index (χ3n) is 3.37. The second-order valence-electron chi connectivity index (χ2n) is 5.14. The van der Waals surface area contributed by atoms with Crippen LogP contribution >= 0.6 is 0 Å². The van der Waals surface area contributed by atoms with Gasteiger partial charge < -0.3 is 14.8 Å². The Kier molecular flexibility index (Phi) is 4.74. The smallest absolute Gasteiger partial charge is 0.222 e. The molecule has 0 saturated carbocycles. The van der Waals surface area contributed by atoms with Crippen LogP contribution in [0.5, 0.6) is 0 Å². The summed E-state index contributed by atoms with van der Waals surface area (Å²) in [4.78, 5) is 17.7. The summed E-state index contributed by atoms with van der Waals surface area (Å²) >= 11 is 0. The summed E-state index contributed by atoms with van der Waals surface area (Å²) in [5.74, 6) is 0.171. The van der Waals surface area contributed by atoms with Crippen LogP contribution in [0, 0.1) is 0 Å². The zero-order valence-electron chi connectivity index (χ0n) is 12.4. The van der Waals surface area contributed by atoms with E-state index in [-0.39, 0.29) is 5.91 Å². The minimum atomic E-state index is 0.171. The third kappa shape index (κ3) is 3.17. The average Bonchev–Trinajstić information content (AvgIpc) is 2.78. The van der Waals surface area contributed by atoms with E-state index in [9.17, 15) is 4.79 Å². The van der Waals surface area contributed by atoms with Crippen molar-refractivity contribution in [2.75, 3.05) is 21.1 Å². The van der Waals surface area contributed by atoms with Gasteiger partial charge in [-0.25, -0.2) is 4.98 Å². The van der Waals surface area contributed by atoms with Crippen molar-refractivity contribution in [3.05, 3.63) is 30.1 Å². The normalized spacial score (nSPS) is 10.9. The lowest BCUT2D eigenvalue weighted by Crippen LogP contribution is -2.21. The van der Waals surface area contributed by atoms with Gasteiger partial charge >= 0.3 is 0 Å². The number of rotatable bonds is 6. The molecule has 0 aliphatic rings. The maximum Gasteiger partial charge on any atom is 0.222 e. The zero-order valence-corrected chi connectivity index (χ0v) is 12.4. The molecule has 0 aliphatic carbocycles. The first-order valence-electron chi connectivity index (χ1n) is 6.91. The number of hydrogen-bond donors (Lipinski definition) is 1. The summed E-state index contributed by atoms with van der Waals surface area (Å²) in [6.07, 6.45) is 5.35. The van der Waals surface area contributed by atoms with Gasteiger partial charge in [0, 0.05) is 51.4 Å². The van der Waals surface area contributed by atoms with E-state index >= 15 is 0 Å². The maximum absolute atomic E-state index is 11.6. The number of pyridine rings is 1. The molecule has 20 heavy (non-hydrogen) atoms. The fraction of sp³-hybridized carbons (Fsp3) is 0.467. The Bertz CT molecular complexity index is 589. The topological polar surface area (TPSA) is 50.2 Å². The highest BCUT2D eigenvalue weighted by molar-refractivity contribution is 5.80. The van der Waals surface area contributed by atoms with Crippen molar-refractivity contribution in [3.8, 4) is 0 Å². The Morgan fingerprint density at radius 1 is 1.45 bits per heavy atom. The van der Waals surface area contributed by atoms with Crippen LogP contribution < -0.4 is 5.32 Å². The van der Waals surface area contributed by atoms with Gasteiger partial charge in [0.2, 0.25) is 5.91 Å². The van der Waals surface area contributed by atoms with Crippen molar-refractivity contribution < 1.29 is 4.79 Å². The Labute approximate surface area is 119 Å². The lowest BCUT2D eigenvalue weighted by molar-refractivity contribution is -0.128. The predicted molar refractivity (Wildman–Crippen MR) is 80.4 cm³/mol. The van der Waals surface area contributed by atoms with Gasteiger partial charge in [0.15, 0.2) is 0 Å². The van der Waals surface area contributed by atoms with Gasteiger partial charge in [-0.1, -0.05) is 0 Å². The molecule has 0 aromatic carbocycles. The van der Waals surface area contributed by atoms with Crippen molar-refractivity contribution in [2.45, 2.75) is 25.9 Å². The van der Waals surface area contributed by atoms with Gasteiger partial charge in [-0.15, -0.1) is 0 Å². The fourth-order valence-corrected chi connectivity index (χ4v) is 2.32. The second kappa shape index (κ2) is 6.52. The van der Waals surface area contributed by atoms with Crippen LogP contribution in [0.3, 0.4) is 0 Å². The SMILES string of the molecule is CNCc1cn(CCCC(=O)N(C)C)c2ncccc12. The molecule has 108 valence electrons. The summed E-state index contributed by atoms with van der Waals surface area (Å²) in [6.45, 7) is 1.64. The molecule has 0 unspecified atom stereocenters. The molecule has 1 amide bonds. The molecular weight excluding hydrogens is 252 g/mol. The summed E-state index contributed by atoms with van der Waals surface area (Å²) in [6, 6.07) is 4.05. The number of nitrogens with zero attached hydrogens (tertiary/aromatic N) is 3. The van der Waals surface area contributed by atoms with E-state index < -0.39 is 0 Å². The number of amides is 1. The van der Waals surface area contributed by atoms with E-state index in [0.29, 0.717) is 6.42 Å². The van der Waals surface area contributed by atoms with E-state index in [0.717, 1.165) is 25.2 Å². The molecule has 0 fully saturated rings. The second-order valence-corrected chi connectivity index (χ2v) is 5.14. The number of fused-ring (bicyclic) bond motifs is 1. The number of carbonyl (C=O) groups is 1. The van der Waals surface area contributed by atoms with E-state index in [1.54, 1.807) is 19.0 Å². The summed E-state index contributed by atoms with van der Waals surface area (Å²) in [5, 5.41) is 4.36. The number of aromatic nitrogens is 2. The lowest BCUT2D eigenvalue weighted by Gasteiger charge is -2.10. The number of carbonyl (C=O) groups excluding carboxylic acids is 1. The van der Waals surface area contributed by atoms with Crippen molar-refractivity contribution >= 4 is 16.9 Å². The highest BCUT2D eigenvalue weighted by atomic mass is 16.2. The molecule has 2 rings (SSSR count). The Morgan fingerprint density at radius 3 is 2.95 bits per heavy atom. The number of hydrogen-bond acceptors (Lipinski definition) is 3. The molecule has 0 saturated heterocycles. The van der Waals surface area contributed by atoms with Crippen LogP contribution in [0.2, 0.25) is 0 Å². The summed E-state index contributed by atoms with van der Waals surface area (Å²) < 4.78 is 2.14. The summed E-state index contributed by atoms with van der Waals surface area (Å²) in [5.41, 5.74) is 2.24. The van der Waals surface area contributed by atoms with E-state index in [2.05, 4.69) is 27.1 Å².